The van der Waals surface area contributed by atoms with Crippen LogP contribution in [0.2, 0.25) is 10.0 Å². The number of nitrogens with zero attached hydrogens (tertiary/aromatic N) is 1. The Hall–Kier alpha value is -2.77. The predicted molar refractivity (Wildman–Crippen MR) is 115 cm³/mol. The molecule has 2 aromatic carbocycles. The summed E-state index contributed by atoms with van der Waals surface area (Å²) in [5.41, 5.74) is 7.54. The molecular weight excluding hydrogens is 429 g/mol. The SMILES string of the molecule is COC(=O)CC(NC(=O)C1CC(=O)N(c2cccc(N)c2)C1)c1cc(Cl)cc(Cl)c1. The van der Waals surface area contributed by atoms with Crippen molar-refractivity contribution in [2.24, 2.45) is 5.92 Å². The third-order valence-electron chi connectivity index (χ3n) is 4.88. The van der Waals surface area contributed by atoms with Gasteiger partial charge in [-0.3, -0.25) is 14.4 Å². The molecule has 0 aliphatic carbocycles. The zero-order valence-corrected chi connectivity index (χ0v) is 17.7. The maximum atomic E-state index is 12.9. The standard InChI is InChI=1S/C21H21Cl2N3O4/c1-30-20(28)10-18(12-5-14(22)8-15(23)6-12)25-21(29)13-7-19(27)26(11-13)17-4-2-3-16(24)9-17/h2-6,8-9,13,18H,7,10-11,24H2,1H3,(H,25,29). The van der Waals surface area contributed by atoms with Gasteiger partial charge in [0.05, 0.1) is 25.5 Å². The summed E-state index contributed by atoms with van der Waals surface area (Å²) < 4.78 is 4.74. The van der Waals surface area contributed by atoms with E-state index in [1.54, 1.807) is 42.5 Å². The van der Waals surface area contributed by atoms with E-state index in [9.17, 15) is 14.4 Å². The molecule has 158 valence electrons. The number of hydrogen-bond acceptors (Lipinski definition) is 5. The van der Waals surface area contributed by atoms with Gasteiger partial charge >= 0.3 is 5.97 Å². The van der Waals surface area contributed by atoms with Crippen molar-refractivity contribution in [3.05, 3.63) is 58.1 Å². The van der Waals surface area contributed by atoms with E-state index in [-0.39, 0.29) is 31.2 Å². The van der Waals surface area contributed by atoms with Crippen LogP contribution in [-0.4, -0.2) is 31.4 Å². The summed E-state index contributed by atoms with van der Waals surface area (Å²) in [4.78, 5) is 38.8. The van der Waals surface area contributed by atoms with Crippen LogP contribution >= 0.6 is 23.2 Å². The first kappa shape index (κ1) is 21.9. The summed E-state index contributed by atoms with van der Waals surface area (Å²) >= 11 is 12.1. The largest absolute Gasteiger partial charge is 0.469 e. The van der Waals surface area contributed by atoms with Gasteiger partial charge in [0, 0.05) is 34.4 Å². The number of nitrogen functional groups attached to an aromatic ring is 1. The molecule has 1 saturated heterocycles. The topological polar surface area (TPSA) is 102 Å². The van der Waals surface area contributed by atoms with E-state index in [4.69, 9.17) is 33.7 Å². The van der Waals surface area contributed by atoms with Crippen LogP contribution < -0.4 is 16.0 Å². The van der Waals surface area contributed by atoms with E-state index < -0.39 is 17.9 Å². The molecule has 3 N–H and O–H groups in total. The maximum Gasteiger partial charge on any atom is 0.307 e. The van der Waals surface area contributed by atoms with Crippen molar-refractivity contribution in [1.29, 1.82) is 0 Å². The molecule has 0 aromatic heterocycles. The second-order valence-corrected chi connectivity index (χ2v) is 7.92. The Kier molecular flexibility index (Phi) is 6.84. The van der Waals surface area contributed by atoms with Gasteiger partial charge in [-0.2, -0.15) is 0 Å². The summed E-state index contributed by atoms with van der Waals surface area (Å²) in [5.74, 6) is -1.59. The molecule has 0 radical (unpaired) electrons. The zero-order valence-electron chi connectivity index (χ0n) is 16.2. The third-order valence-corrected chi connectivity index (χ3v) is 5.32. The lowest BCUT2D eigenvalue weighted by Crippen LogP contribution is -2.36. The van der Waals surface area contributed by atoms with Crippen LogP contribution in [0.3, 0.4) is 0 Å². The molecule has 3 rings (SSSR count). The number of benzene rings is 2. The Bertz CT molecular complexity index is 962. The fourth-order valence-corrected chi connectivity index (χ4v) is 3.94. The number of ether oxygens (including phenoxy) is 1. The molecule has 0 spiro atoms. The Morgan fingerprint density at radius 1 is 1.23 bits per heavy atom. The molecule has 1 heterocycles. The van der Waals surface area contributed by atoms with Crippen LogP contribution in [0.4, 0.5) is 11.4 Å². The maximum absolute atomic E-state index is 12.9. The number of esters is 1. The highest BCUT2D eigenvalue weighted by atomic mass is 35.5. The molecule has 2 unspecified atom stereocenters. The smallest absolute Gasteiger partial charge is 0.307 e. The van der Waals surface area contributed by atoms with Gasteiger partial charge in [0.1, 0.15) is 0 Å². The van der Waals surface area contributed by atoms with Crippen molar-refractivity contribution in [2.75, 3.05) is 24.3 Å². The van der Waals surface area contributed by atoms with Gasteiger partial charge in [-0.25, -0.2) is 0 Å². The van der Waals surface area contributed by atoms with Crippen LogP contribution in [0.1, 0.15) is 24.4 Å². The number of anilines is 2. The lowest BCUT2D eigenvalue weighted by molar-refractivity contribution is -0.141. The van der Waals surface area contributed by atoms with Crippen LogP contribution in [0, 0.1) is 5.92 Å². The summed E-state index contributed by atoms with van der Waals surface area (Å²) in [6.45, 7) is 0.218. The Labute approximate surface area is 184 Å². The number of rotatable bonds is 6. The minimum absolute atomic E-state index is 0.0574. The first-order valence-corrected chi connectivity index (χ1v) is 10.0. The molecular formula is C21H21Cl2N3O4. The summed E-state index contributed by atoms with van der Waals surface area (Å²) in [6.07, 6.45) is -0.0413. The van der Waals surface area contributed by atoms with Crippen LogP contribution in [0.15, 0.2) is 42.5 Å². The van der Waals surface area contributed by atoms with Crippen molar-refractivity contribution in [2.45, 2.75) is 18.9 Å². The summed E-state index contributed by atoms with van der Waals surface area (Å²) in [5, 5.41) is 3.60. The number of halogens is 2. The Morgan fingerprint density at radius 2 is 1.93 bits per heavy atom. The number of methoxy groups -OCH3 is 1. The molecule has 0 saturated carbocycles. The molecule has 2 amide bonds. The molecule has 0 bridgehead atoms. The lowest BCUT2D eigenvalue weighted by atomic mass is 10.0. The van der Waals surface area contributed by atoms with E-state index in [2.05, 4.69) is 5.32 Å². The molecule has 1 fully saturated rings. The van der Waals surface area contributed by atoms with Crippen molar-refractivity contribution < 1.29 is 19.1 Å². The number of carbonyl (C=O) groups is 3. The van der Waals surface area contributed by atoms with Gasteiger partial charge in [0.2, 0.25) is 11.8 Å². The van der Waals surface area contributed by atoms with Crippen molar-refractivity contribution >= 4 is 52.4 Å². The zero-order chi connectivity index (χ0) is 21.8. The van der Waals surface area contributed by atoms with Gasteiger partial charge in [0.25, 0.3) is 0 Å². The van der Waals surface area contributed by atoms with Gasteiger partial charge < -0.3 is 20.7 Å². The monoisotopic (exact) mass is 449 g/mol. The Morgan fingerprint density at radius 3 is 2.57 bits per heavy atom. The highest BCUT2D eigenvalue weighted by Crippen LogP contribution is 2.29. The van der Waals surface area contributed by atoms with Gasteiger partial charge in [-0.05, 0) is 42.0 Å². The number of nitrogens with two attached hydrogens (primary N) is 1. The minimum Gasteiger partial charge on any atom is -0.469 e. The highest BCUT2D eigenvalue weighted by molar-refractivity contribution is 6.34. The average molecular weight is 450 g/mol. The van der Waals surface area contributed by atoms with Crippen molar-refractivity contribution in [3.63, 3.8) is 0 Å². The number of carbonyl (C=O) groups excluding carboxylic acids is 3. The molecule has 30 heavy (non-hydrogen) atoms. The first-order valence-electron chi connectivity index (χ1n) is 9.26. The van der Waals surface area contributed by atoms with E-state index in [1.165, 1.54) is 12.0 Å². The fourth-order valence-electron chi connectivity index (χ4n) is 3.39. The molecule has 2 atom stereocenters. The number of hydrogen-bond donors (Lipinski definition) is 2. The predicted octanol–water partition coefficient (Wildman–Crippen LogP) is 3.35. The molecule has 9 heteroatoms. The second-order valence-electron chi connectivity index (χ2n) is 7.04. The van der Waals surface area contributed by atoms with E-state index in [0.29, 0.717) is 27.0 Å². The van der Waals surface area contributed by atoms with Crippen molar-refractivity contribution in [3.8, 4) is 0 Å². The average Bonchev–Trinajstić information content (AvgIpc) is 3.08. The molecule has 7 nitrogen and oxygen atoms in total. The number of nitrogens with one attached hydrogen (secondary N) is 1. The highest BCUT2D eigenvalue weighted by Gasteiger charge is 2.36. The summed E-state index contributed by atoms with van der Waals surface area (Å²) in [7, 11) is 1.27. The van der Waals surface area contributed by atoms with E-state index in [1.807, 2.05) is 0 Å². The second kappa shape index (κ2) is 9.36. The lowest BCUT2D eigenvalue weighted by Gasteiger charge is -2.21. The fraction of sp³-hybridized carbons (Fsp3) is 0.286. The van der Waals surface area contributed by atoms with Gasteiger partial charge in [0.15, 0.2) is 0 Å². The number of amides is 2. The van der Waals surface area contributed by atoms with Crippen LogP contribution in [0.25, 0.3) is 0 Å². The van der Waals surface area contributed by atoms with Crippen LogP contribution in [0.5, 0.6) is 0 Å². The normalized spacial score (nSPS) is 17.0. The van der Waals surface area contributed by atoms with E-state index in [0.717, 1.165) is 0 Å². The minimum atomic E-state index is -0.697. The third kappa shape index (κ3) is 5.23. The van der Waals surface area contributed by atoms with Gasteiger partial charge in [-0.15, -0.1) is 0 Å². The Balaban J connectivity index is 1.77. The van der Waals surface area contributed by atoms with Crippen molar-refractivity contribution in [1.82, 2.24) is 5.32 Å². The molecule has 2 aromatic rings. The summed E-state index contributed by atoms with van der Waals surface area (Å²) in [6, 6.07) is 11.0. The first-order chi connectivity index (χ1) is 14.3. The van der Waals surface area contributed by atoms with E-state index >= 15 is 0 Å². The van der Waals surface area contributed by atoms with Crippen LogP contribution in [-0.2, 0) is 19.1 Å². The quantitative estimate of drug-likeness (QED) is 0.519. The van der Waals surface area contributed by atoms with Gasteiger partial charge in [-0.1, -0.05) is 29.3 Å². The molecule has 1 aliphatic rings. The molecule has 1 aliphatic heterocycles.